The van der Waals surface area contributed by atoms with Gasteiger partial charge in [-0.3, -0.25) is 10.3 Å². The van der Waals surface area contributed by atoms with Crippen LogP contribution in [0.1, 0.15) is 25.1 Å². The Hall–Kier alpha value is -3.19. The summed E-state index contributed by atoms with van der Waals surface area (Å²) in [5.41, 5.74) is 8.08. The lowest BCUT2D eigenvalue weighted by molar-refractivity contribution is 0.208. The van der Waals surface area contributed by atoms with E-state index in [0.717, 1.165) is 11.1 Å². The molecule has 6 nitrogen and oxygen atoms in total. The van der Waals surface area contributed by atoms with Crippen LogP contribution in [-0.4, -0.2) is 31.4 Å². The Kier molecular flexibility index (Phi) is 6.29. The van der Waals surface area contributed by atoms with Gasteiger partial charge in [-0.15, -0.1) is 0 Å². The van der Waals surface area contributed by atoms with Crippen LogP contribution in [0.25, 0.3) is 11.1 Å². The third-order valence-electron chi connectivity index (χ3n) is 4.75. The highest BCUT2D eigenvalue weighted by Gasteiger charge is 2.28. The Labute approximate surface area is 169 Å². The Balaban J connectivity index is 1.80. The number of nitrogens with two attached hydrogens (primary N) is 1. The zero-order chi connectivity index (χ0) is 20.9. The molecular weight excluding hydrogens is 371 g/mol. The fourth-order valence-electron chi connectivity index (χ4n) is 2.96. The van der Waals surface area contributed by atoms with Crippen LogP contribution in [0, 0.1) is 5.82 Å². The van der Waals surface area contributed by atoms with Crippen molar-refractivity contribution in [2.24, 2.45) is 10.7 Å². The molecule has 0 aliphatic carbocycles. The van der Waals surface area contributed by atoms with Crippen molar-refractivity contribution in [1.82, 2.24) is 5.16 Å². The number of hydrogen-bond donors (Lipinski definition) is 2. The number of aromatic nitrogens is 1. The first kappa shape index (κ1) is 20.5. The zero-order valence-corrected chi connectivity index (χ0v) is 16.8. The molecular formula is C22H25FN4O2. The molecule has 2 aromatic carbocycles. The largest absolute Gasteiger partial charge is 0.383 e. The number of hydrogen-bond acceptors (Lipinski definition) is 4. The van der Waals surface area contributed by atoms with Gasteiger partial charge in [-0.2, -0.15) is 0 Å². The summed E-state index contributed by atoms with van der Waals surface area (Å²) in [5, 5.41) is 6.98. The van der Waals surface area contributed by atoms with Crippen molar-refractivity contribution >= 4 is 11.8 Å². The number of methoxy groups -OCH3 is 1. The molecule has 0 saturated carbocycles. The van der Waals surface area contributed by atoms with Crippen molar-refractivity contribution < 1.29 is 13.7 Å². The number of guanidine groups is 1. The lowest BCUT2D eigenvalue weighted by Crippen LogP contribution is -2.23. The molecule has 0 amide bonds. The second-order valence-corrected chi connectivity index (χ2v) is 7.15. The molecule has 152 valence electrons. The van der Waals surface area contributed by atoms with Gasteiger partial charge in [0, 0.05) is 24.2 Å². The normalized spacial score (nSPS) is 12.2. The standard InChI is InChI=1S/C22H25FN4O2/c1-22(2,19-14-20(29-27-19)26-21(24)25-11-12-28-3)16-9-10-17(18(23)13-16)15-7-5-4-6-8-15/h4-10,13-14H,11-12H2,1-3H3,(H3,24,25,26). The van der Waals surface area contributed by atoms with Gasteiger partial charge >= 0.3 is 0 Å². The summed E-state index contributed by atoms with van der Waals surface area (Å²) in [5.74, 6) is 0.298. The number of nitrogens with zero attached hydrogens (tertiary/aromatic N) is 2. The van der Waals surface area contributed by atoms with E-state index in [4.69, 9.17) is 15.0 Å². The van der Waals surface area contributed by atoms with Gasteiger partial charge in [0.1, 0.15) is 5.82 Å². The van der Waals surface area contributed by atoms with Gasteiger partial charge in [0.2, 0.25) is 5.88 Å². The van der Waals surface area contributed by atoms with E-state index in [1.54, 1.807) is 25.3 Å². The molecule has 0 saturated heterocycles. The van der Waals surface area contributed by atoms with Crippen LogP contribution in [0.3, 0.4) is 0 Å². The lowest BCUT2D eigenvalue weighted by atomic mass is 9.81. The molecule has 0 aliphatic rings. The molecule has 0 spiro atoms. The Morgan fingerprint density at radius 1 is 1.21 bits per heavy atom. The van der Waals surface area contributed by atoms with Crippen LogP contribution in [0.2, 0.25) is 0 Å². The first-order chi connectivity index (χ1) is 13.9. The summed E-state index contributed by atoms with van der Waals surface area (Å²) in [6, 6.07) is 16.4. The average Bonchev–Trinajstić information content (AvgIpc) is 3.18. The van der Waals surface area contributed by atoms with Crippen molar-refractivity contribution in [2.75, 3.05) is 25.6 Å². The zero-order valence-electron chi connectivity index (χ0n) is 16.8. The predicted molar refractivity (Wildman–Crippen MR) is 112 cm³/mol. The quantitative estimate of drug-likeness (QED) is 0.355. The number of benzene rings is 2. The van der Waals surface area contributed by atoms with Crippen molar-refractivity contribution in [3.05, 3.63) is 71.7 Å². The number of halogens is 1. The van der Waals surface area contributed by atoms with E-state index in [9.17, 15) is 4.39 Å². The van der Waals surface area contributed by atoms with E-state index in [1.165, 1.54) is 0 Å². The first-order valence-electron chi connectivity index (χ1n) is 9.30. The van der Waals surface area contributed by atoms with E-state index in [2.05, 4.69) is 15.5 Å². The van der Waals surface area contributed by atoms with Gasteiger partial charge in [-0.1, -0.05) is 61.5 Å². The van der Waals surface area contributed by atoms with Crippen LogP contribution in [0.15, 0.2) is 64.1 Å². The van der Waals surface area contributed by atoms with Gasteiger partial charge in [0.05, 0.1) is 18.8 Å². The molecule has 1 aromatic heterocycles. The SMILES string of the molecule is COCCN=C(N)Nc1cc(C(C)(C)c2ccc(-c3ccccc3)c(F)c2)no1. The predicted octanol–water partition coefficient (Wildman–Crippen LogP) is 4.18. The summed E-state index contributed by atoms with van der Waals surface area (Å²) in [6.45, 7) is 4.83. The topological polar surface area (TPSA) is 85.7 Å². The number of ether oxygens (including phenoxy) is 1. The second-order valence-electron chi connectivity index (χ2n) is 7.15. The minimum atomic E-state index is -0.568. The average molecular weight is 396 g/mol. The number of anilines is 1. The Bertz CT molecular complexity index is 983. The van der Waals surface area contributed by atoms with Gasteiger partial charge in [-0.05, 0) is 17.2 Å². The minimum Gasteiger partial charge on any atom is -0.383 e. The molecule has 3 rings (SSSR count). The molecule has 3 aromatic rings. The van der Waals surface area contributed by atoms with Crippen LogP contribution < -0.4 is 11.1 Å². The molecule has 0 fully saturated rings. The van der Waals surface area contributed by atoms with Gasteiger partial charge in [0.25, 0.3) is 0 Å². The summed E-state index contributed by atoms with van der Waals surface area (Å²) in [7, 11) is 1.60. The maximum atomic E-state index is 14.8. The molecule has 0 unspecified atom stereocenters. The molecule has 0 bridgehead atoms. The molecule has 0 radical (unpaired) electrons. The van der Waals surface area contributed by atoms with Crippen LogP contribution in [0.4, 0.5) is 10.3 Å². The summed E-state index contributed by atoms with van der Waals surface area (Å²) >= 11 is 0. The fourth-order valence-corrected chi connectivity index (χ4v) is 2.96. The molecule has 29 heavy (non-hydrogen) atoms. The molecule has 1 heterocycles. The highest BCUT2D eigenvalue weighted by Crippen LogP contribution is 2.34. The second kappa shape index (κ2) is 8.87. The van der Waals surface area contributed by atoms with Crippen molar-refractivity contribution in [1.29, 1.82) is 0 Å². The van der Waals surface area contributed by atoms with Crippen LogP contribution in [0.5, 0.6) is 0 Å². The third-order valence-corrected chi connectivity index (χ3v) is 4.75. The van der Waals surface area contributed by atoms with Crippen molar-refractivity contribution in [3.8, 4) is 11.1 Å². The smallest absolute Gasteiger partial charge is 0.231 e. The maximum Gasteiger partial charge on any atom is 0.231 e. The van der Waals surface area contributed by atoms with E-state index in [1.807, 2.05) is 50.2 Å². The third kappa shape index (κ3) is 4.81. The first-order valence-corrected chi connectivity index (χ1v) is 9.30. The minimum absolute atomic E-state index is 0.209. The van der Waals surface area contributed by atoms with E-state index < -0.39 is 5.41 Å². The summed E-state index contributed by atoms with van der Waals surface area (Å²) in [6.07, 6.45) is 0. The Morgan fingerprint density at radius 2 is 1.97 bits per heavy atom. The monoisotopic (exact) mass is 396 g/mol. The van der Waals surface area contributed by atoms with E-state index >= 15 is 0 Å². The molecule has 0 aliphatic heterocycles. The number of aliphatic imine (C=N–C) groups is 1. The summed E-state index contributed by atoms with van der Waals surface area (Å²) < 4.78 is 25.1. The highest BCUT2D eigenvalue weighted by molar-refractivity contribution is 5.91. The Morgan fingerprint density at radius 3 is 2.66 bits per heavy atom. The molecule has 0 atom stereocenters. The van der Waals surface area contributed by atoms with Crippen molar-refractivity contribution in [3.63, 3.8) is 0 Å². The fraction of sp³-hybridized carbons (Fsp3) is 0.273. The maximum absolute atomic E-state index is 14.8. The van der Waals surface area contributed by atoms with Gasteiger partial charge < -0.3 is 15.0 Å². The molecule has 7 heteroatoms. The highest BCUT2D eigenvalue weighted by atomic mass is 19.1. The van der Waals surface area contributed by atoms with E-state index in [0.29, 0.717) is 30.3 Å². The lowest BCUT2D eigenvalue weighted by Gasteiger charge is -2.23. The number of rotatable bonds is 7. The van der Waals surface area contributed by atoms with Crippen LogP contribution in [-0.2, 0) is 10.2 Å². The van der Waals surface area contributed by atoms with Gasteiger partial charge in [0.15, 0.2) is 5.96 Å². The van der Waals surface area contributed by atoms with Gasteiger partial charge in [-0.25, -0.2) is 4.39 Å². The molecule has 3 N–H and O–H groups in total. The number of nitrogens with one attached hydrogen (secondary N) is 1. The summed E-state index contributed by atoms with van der Waals surface area (Å²) in [4.78, 5) is 4.11. The van der Waals surface area contributed by atoms with Crippen molar-refractivity contribution in [2.45, 2.75) is 19.3 Å². The van der Waals surface area contributed by atoms with Crippen LogP contribution >= 0.6 is 0 Å². The van der Waals surface area contributed by atoms with E-state index in [-0.39, 0.29) is 11.8 Å².